The van der Waals surface area contributed by atoms with Gasteiger partial charge in [-0.1, -0.05) is 11.8 Å². The summed E-state index contributed by atoms with van der Waals surface area (Å²) >= 11 is 1.69. The average molecular weight is 259 g/mol. The molecule has 0 spiro atoms. The molecule has 0 unspecified atom stereocenters. The van der Waals surface area contributed by atoms with Gasteiger partial charge in [-0.15, -0.1) is 0 Å². The lowest BCUT2D eigenvalue weighted by molar-refractivity contribution is 0.769. The molecule has 92 valence electrons. The van der Waals surface area contributed by atoms with Crippen molar-refractivity contribution in [3.63, 3.8) is 0 Å². The number of H-pyrrole nitrogens is 1. The van der Waals surface area contributed by atoms with Gasteiger partial charge in [-0.3, -0.25) is 0 Å². The SMILES string of the molecule is Nc1ccc2nc(SCCn3ccnc3)[nH]c2c1. The fourth-order valence-corrected chi connectivity index (χ4v) is 2.58. The summed E-state index contributed by atoms with van der Waals surface area (Å²) in [5.74, 6) is 0.950. The van der Waals surface area contributed by atoms with E-state index in [0.717, 1.165) is 34.2 Å². The second-order valence-corrected chi connectivity index (χ2v) is 5.05. The molecule has 1 aromatic carbocycles. The lowest BCUT2D eigenvalue weighted by Gasteiger charge is -1.99. The maximum Gasteiger partial charge on any atom is 0.166 e. The molecule has 0 fully saturated rings. The van der Waals surface area contributed by atoms with Gasteiger partial charge in [-0.05, 0) is 18.2 Å². The molecule has 0 aliphatic rings. The Labute approximate surface area is 108 Å². The Morgan fingerprint density at radius 2 is 2.33 bits per heavy atom. The molecule has 0 atom stereocenters. The van der Waals surface area contributed by atoms with Crippen LogP contribution in [0.2, 0.25) is 0 Å². The van der Waals surface area contributed by atoms with E-state index < -0.39 is 0 Å². The van der Waals surface area contributed by atoms with Crippen molar-refractivity contribution in [3.8, 4) is 0 Å². The van der Waals surface area contributed by atoms with Gasteiger partial charge >= 0.3 is 0 Å². The molecule has 0 saturated heterocycles. The molecule has 18 heavy (non-hydrogen) atoms. The standard InChI is InChI=1S/C12H13N5S/c13-9-1-2-10-11(7-9)16-12(15-10)18-6-5-17-4-3-14-8-17/h1-4,7-8H,5-6,13H2,(H,15,16). The van der Waals surface area contributed by atoms with Crippen LogP contribution in [0.4, 0.5) is 5.69 Å². The summed E-state index contributed by atoms with van der Waals surface area (Å²) in [4.78, 5) is 11.8. The third kappa shape index (κ3) is 2.33. The molecule has 0 saturated carbocycles. The molecule has 0 bridgehead atoms. The lowest BCUT2D eigenvalue weighted by atomic mass is 10.3. The fourth-order valence-electron chi connectivity index (χ4n) is 1.74. The Hall–Kier alpha value is -1.95. The van der Waals surface area contributed by atoms with Crippen molar-refractivity contribution in [2.45, 2.75) is 11.7 Å². The van der Waals surface area contributed by atoms with Gasteiger partial charge in [-0.2, -0.15) is 0 Å². The highest BCUT2D eigenvalue weighted by Gasteiger charge is 2.03. The van der Waals surface area contributed by atoms with E-state index in [2.05, 4.69) is 15.0 Å². The van der Waals surface area contributed by atoms with Crippen molar-refractivity contribution in [2.75, 3.05) is 11.5 Å². The molecular formula is C12H13N5S. The Morgan fingerprint density at radius 3 is 3.17 bits per heavy atom. The number of aromatic amines is 1. The highest BCUT2D eigenvalue weighted by atomic mass is 32.2. The van der Waals surface area contributed by atoms with E-state index in [1.807, 2.05) is 35.3 Å². The summed E-state index contributed by atoms with van der Waals surface area (Å²) in [5, 5.41) is 0.927. The van der Waals surface area contributed by atoms with Crippen molar-refractivity contribution < 1.29 is 0 Å². The molecule has 3 aromatic rings. The summed E-state index contributed by atoms with van der Waals surface area (Å²) in [6, 6.07) is 5.70. The Balaban J connectivity index is 1.67. The molecule has 0 aliphatic heterocycles. The number of nitrogens with zero attached hydrogens (tertiary/aromatic N) is 3. The van der Waals surface area contributed by atoms with Gasteiger partial charge in [0, 0.05) is 30.4 Å². The summed E-state index contributed by atoms with van der Waals surface area (Å²) in [7, 11) is 0. The average Bonchev–Trinajstić information content (AvgIpc) is 2.97. The smallest absolute Gasteiger partial charge is 0.166 e. The highest BCUT2D eigenvalue weighted by molar-refractivity contribution is 7.99. The van der Waals surface area contributed by atoms with Crippen LogP contribution in [-0.4, -0.2) is 25.3 Å². The third-order valence-electron chi connectivity index (χ3n) is 2.63. The van der Waals surface area contributed by atoms with E-state index in [4.69, 9.17) is 5.73 Å². The number of rotatable bonds is 4. The largest absolute Gasteiger partial charge is 0.399 e. The number of benzene rings is 1. The summed E-state index contributed by atoms with van der Waals surface area (Å²) in [6.45, 7) is 0.920. The van der Waals surface area contributed by atoms with Gasteiger partial charge in [0.1, 0.15) is 0 Å². The van der Waals surface area contributed by atoms with Crippen LogP contribution in [0.25, 0.3) is 11.0 Å². The van der Waals surface area contributed by atoms with Gasteiger partial charge in [-0.25, -0.2) is 9.97 Å². The van der Waals surface area contributed by atoms with E-state index in [0.29, 0.717) is 0 Å². The number of nitrogen functional groups attached to an aromatic ring is 1. The summed E-state index contributed by atoms with van der Waals surface area (Å²) in [6.07, 6.45) is 5.56. The number of thioether (sulfide) groups is 1. The molecule has 3 N–H and O–H groups in total. The van der Waals surface area contributed by atoms with Crippen molar-refractivity contribution in [1.82, 2.24) is 19.5 Å². The zero-order chi connectivity index (χ0) is 12.4. The van der Waals surface area contributed by atoms with E-state index in [-0.39, 0.29) is 0 Å². The van der Waals surface area contributed by atoms with Crippen molar-refractivity contribution in [2.24, 2.45) is 0 Å². The second kappa shape index (κ2) is 4.73. The quantitative estimate of drug-likeness (QED) is 0.556. The van der Waals surface area contributed by atoms with E-state index >= 15 is 0 Å². The molecule has 3 rings (SSSR count). The van der Waals surface area contributed by atoms with Crippen LogP contribution < -0.4 is 5.73 Å². The number of hydrogen-bond donors (Lipinski definition) is 2. The highest BCUT2D eigenvalue weighted by Crippen LogP contribution is 2.21. The Bertz CT molecular complexity index is 644. The molecule has 6 heteroatoms. The Kier molecular flexibility index (Phi) is 2.93. The zero-order valence-corrected chi connectivity index (χ0v) is 10.5. The van der Waals surface area contributed by atoms with Crippen LogP contribution >= 0.6 is 11.8 Å². The molecule has 0 aliphatic carbocycles. The molecule has 5 nitrogen and oxygen atoms in total. The van der Waals surface area contributed by atoms with Crippen LogP contribution in [0.15, 0.2) is 42.1 Å². The summed E-state index contributed by atoms with van der Waals surface area (Å²) in [5.41, 5.74) is 8.42. The molecule has 0 radical (unpaired) electrons. The minimum absolute atomic E-state index is 0.751. The first-order valence-electron chi connectivity index (χ1n) is 5.65. The van der Waals surface area contributed by atoms with Crippen LogP contribution in [0, 0.1) is 0 Å². The normalized spacial score (nSPS) is 11.1. The number of aromatic nitrogens is 4. The Morgan fingerprint density at radius 1 is 1.39 bits per heavy atom. The predicted molar refractivity (Wildman–Crippen MR) is 73.5 cm³/mol. The zero-order valence-electron chi connectivity index (χ0n) is 9.71. The topological polar surface area (TPSA) is 72.5 Å². The van der Waals surface area contributed by atoms with E-state index in [1.54, 1.807) is 18.0 Å². The number of aryl methyl sites for hydroxylation is 1. The summed E-state index contributed by atoms with van der Waals surface area (Å²) < 4.78 is 2.05. The van der Waals surface area contributed by atoms with Crippen molar-refractivity contribution >= 4 is 28.5 Å². The molecule has 2 heterocycles. The minimum atomic E-state index is 0.751. The second-order valence-electron chi connectivity index (χ2n) is 3.97. The van der Waals surface area contributed by atoms with Crippen LogP contribution in [-0.2, 0) is 6.54 Å². The monoisotopic (exact) mass is 259 g/mol. The number of hydrogen-bond acceptors (Lipinski definition) is 4. The first-order chi connectivity index (χ1) is 8.81. The van der Waals surface area contributed by atoms with Gasteiger partial charge in [0.05, 0.1) is 17.4 Å². The van der Waals surface area contributed by atoms with Crippen molar-refractivity contribution in [3.05, 3.63) is 36.9 Å². The van der Waals surface area contributed by atoms with Crippen LogP contribution in [0.3, 0.4) is 0 Å². The van der Waals surface area contributed by atoms with Crippen LogP contribution in [0.5, 0.6) is 0 Å². The molecular weight excluding hydrogens is 246 g/mol. The third-order valence-corrected chi connectivity index (χ3v) is 3.49. The molecule has 0 amide bonds. The number of imidazole rings is 2. The number of nitrogens with two attached hydrogens (primary N) is 1. The first kappa shape index (κ1) is 11.2. The lowest BCUT2D eigenvalue weighted by Crippen LogP contribution is -1.96. The van der Waals surface area contributed by atoms with Gasteiger partial charge in [0.2, 0.25) is 0 Å². The number of anilines is 1. The first-order valence-corrected chi connectivity index (χ1v) is 6.63. The van der Waals surface area contributed by atoms with Gasteiger partial charge in [0.25, 0.3) is 0 Å². The van der Waals surface area contributed by atoms with E-state index in [1.165, 1.54) is 0 Å². The maximum absolute atomic E-state index is 5.73. The molecule has 2 aromatic heterocycles. The fraction of sp³-hybridized carbons (Fsp3) is 0.167. The van der Waals surface area contributed by atoms with Crippen molar-refractivity contribution in [1.29, 1.82) is 0 Å². The number of fused-ring (bicyclic) bond motifs is 1. The number of nitrogens with one attached hydrogen (secondary N) is 1. The van der Waals surface area contributed by atoms with Crippen LogP contribution in [0.1, 0.15) is 0 Å². The van der Waals surface area contributed by atoms with Gasteiger partial charge < -0.3 is 15.3 Å². The maximum atomic E-state index is 5.73. The van der Waals surface area contributed by atoms with E-state index in [9.17, 15) is 0 Å². The minimum Gasteiger partial charge on any atom is -0.399 e. The predicted octanol–water partition coefficient (Wildman–Crippen LogP) is 2.13. The van der Waals surface area contributed by atoms with Gasteiger partial charge in [0.15, 0.2) is 5.16 Å².